The molecule has 4 heteroatoms. The molecule has 1 aromatic carbocycles. The van der Waals surface area contributed by atoms with Crippen LogP contribution in [0.5, 0.6) is 0 Å². The van der Waals surface area contributed by atoms with E-state index in [1.54, 1.807) is 0 Å². The summed E-state index contributed by atoms with van der Waals surface area (Å²) in [4.78, 5) is 36.7. The quantitative estimate of drug-likeness (QED) is 0.866. The molecule has 0 radical (unpaired) electrons. The maximum absolute atomic E-state index is 12.4. The molecule has 4 atom stereocenters. The van der Waals surface area contributed by atoms with Crippen LogP contribution in [0, 0.1) is 11.8 Å². The third kappa shape index (κ3) is 3.27. The number of hydrogen-bond acceptors (Lipinski definition) is 4. The van der Waals surface area contributed by atoms with Gasteiger partial charge in [-0.2, -0.15) is 0 Å². The first-order valence-corrected chi connectivity index (χ1v) is 8.04. The van der Waals surface area contributed by atoms with Crippen molar-refractivity contribution in [2.45, 2.75) is 52.1 Å². The smallest absolute Gasteiger partial charge is 0.146 e. The highest BCUT2D eigenvalue weighted by Crippen LogP contribution is 2.46. The van der Waals surface area contributed by atoms with E-state index in [-0.39, 0.29) is 23.8 Å². The van der Waals surface area contributed by atoms with Gasteiger partial charge in [0.15, 0.2) is 0 Å². The molecule has 0 bridgehead atoms. The summed E-state index contributed by atoms with van der Waals surface area (Å²) in [6, 6.07) is 7.61. The van der Waals surface area contributed by atoms with Crippen LogP contribution in [0.15, 0.2) is 24.3 Å². The van der Waals surface area contributed by atoms with Crippen molar-refractivity contribution in [3.63, 3.8) is 0 Å². The molecule has 0 aromatic heterocycles. The normalized spacial score (nSPS) is 31.0. The molecule has 1 aliphatic rings. The van der Waals surface area contributed by atoms with Gasteiger partial charge in [0, 0.05) is 12.3 Å². The van der Waals surface area contributed by atoms with E-state index in [9.17, 15) is 19.5 Å². The molecule has 23 heavy (non-hydrogen) atoms. The Kier molecular flexibility index (Phi) is 4.85. The molecule has 0 unspecified atom stereocenters. The summed E-state index contributed by atoms with van der Waals surface area (Å²) in [5, 5.41) is 10.7. The van der Waals surface area contributed by atoms with Gasteiger partial charge < -0.3 is 5.11 Å². The highest BCUT2D eigenvalue weighted by atomic mass is 16.3. The molecular weight excluding hydrogens is 292 g/mol. The lowest BCUT2D eigenvalue weighted by molar-refractivity contribution is -0.151. The predicted octanol–water partition coefficient (Wildman–Crippen LogP) is 2.47. The van der Waals surface area contributed by atoms with E-state index in [0.717, 1.165) is 17.5 Å². The molecule has 0 aliphatic heterocycles. The maximum Gasteiger partial charge on any atom is 0.146 e. The summed E-state index contributed by atoms with van der Waals surface area (Å²) < 4.78 is 0. The van der Waals surface area contributed by atoms with Crippen LogP contribution in [0.2, 0.25) is 0 Å². The summed E-state index contributed by atoms with van der Waals surface area (Å²) >= 11 is 0. The van der Waals surface area contributed by atoms with Crippen LogP contribution in [0.25, 0.3) is 0 Å². The van der Waals surface area contributed by atoms with E-state index in [2.05, 4.69) is 0 Å². The summed E-state index contributed by atoms with van der Waals surface area (Å²) in [6.45, 7) is 6.36. The van der Waals surface area contributed by atoms with Crippen LogP contribution in [0.3, 0.4) is 0 Å². The molecular formula is C19H24O4. The van der Waals surface area contributed by atoms with Crippen LogP contribution in [0.1, 0.15) is 51.2 Å². The molecule has 1 saturated carbocycles. The number of aliphatic hydroxyl groups is 1. The van der Waals surface area contributed by atoms with Crippen LogP contribution in [-0.4, -0.2) is 28.1 Å². The van der Waals surface area contributed by atoms with Crippen molar-refractivity contribution >= 4 is 17.3 Å². The monoisotopic (exact) mass is 316 g/mol. The van der Waals surface area contributed by atoms with Gasteiger partial charge in [-0.25, -0.2) is 0 Å². The van der Waals surface area contributed by atoms with Crippen molar-refractivity contribution in [2.75, 3.05) is 0 Å². The zero-order valence-electron chi connectivity index (χ0n) is 14.1. The van der Waals surface area contributed by atoms with Crippen molar-refractivity contribution in [3.8, 4) is 0 Å². The minimum absolute atomic E-state index is 0.162. The minimum Gasteiger partial charge on any atom is -0.389 e. The van der Waals surface area contributed by atoms with Crippen LogP contribution in [0.4, 0.5) is 0 Å². The summed E-state index contributed by atoms with van der Waals surface area (Å²) in [5.41, 5.74) is 0.473. The number of rotatable bonds is 4. The molecule has 124 valence electrons. The lowest BCUT2D eigenvalue weighted by atomic mass is 9.60. The Morgan fingerprint density at radius 2 is 1.74 bits per heavy atom. The molecule has 1 aliphatic carbocycles. The van der Waals surface area contributed by atoms with Gasteiger partial charge in [0.1, 0.15) is 17.3 Å². The van der Waals surface area contributed by atoms with E-state index < -0.39 is 23.4 Å². The zero-order chi connectivity index (χ0) is 17.4. The second-order valence-corrected chi connectivity index (χ2v) is 6.80. The number of hydrogen-bond donors (Lipinski definition) is 1. The highest BCUT2D eigenvalue weighted by Gasteiger charge is 2.53. The van der Waals surface area contributed by atoms with Crippen molar-refractivity contribution < 1.29 is 19.5 Å². The van der Waals surface area contributed by atoms with Gasteiger partial charge >= 0.3 is 0 Å². The molecule has 2 rings (SSSR count). The van der Waals surface area contributed by atoms with Crippen LogP contribution >= 0.6 is 0 Å². The summed E-state index contributed by atoms with van der Waals surface area (Å²) in [7, 11) is 0. The Morgan fingerprint density at radius 3 is 2.17 bits per heavy atom. The Labute approximate surface area is 136 Å². The Bertz CT molecular complexity index is 627. The van der Waals surface area contributed by atoms with Gasteiger partial charge in [0.05, 0.1) is 17.4 Å². The van der Waals surface area contributed by atoms with Gasteiger partial charge in [0.25, 0.3) is 0 Å². The maximum atomic E-state index is 12.4. The first-order chi connectivity index (χ1) is 10.7. The van der Waals surface area contributed by atoms with Crippen LogP contribution < -0.4 is 0 Å². The van der Waals surface area contributed by atoms with Crippen molar-refractivity contribution in [1.29, 1.82) is 0 Å². The molecule has 0 spiro atoms. The number of Topliss-reactive ketones (excluding diaryl/α,β-unsaturated/α-hetero) is 3. The Hall–Kier alpha value is -1.81. The Balaban J connectivity index is 2.58. The van der Waals surface area contributed by atoms with Gasteiger partial charge in [0.2, 0.25) is 0 Å². The fourth-order valence-corrected chi connectivity index (χ4v) is 3.88. The summed E-state index contributed by atoms with van der Waals surface area (Å²) in [5.74, 6) is -2.96. The molecule has 0 saturated heterocycles. The van der Waals surface area contributed by atoms with E-state index in [1.807, 2.05) is 31.2 Å². The SMILES string of the molecule is CCc1ccc([C@@H]2[C@@H](C(C)=O)C(=O)C[C@@](C)(O)[C@@H]2C(C)=O)cc1. The fraction of sp³-hybridized carbons (Fsp3) is 0.526. The number of carbonyl (C=O) groups is 3. The molecule has 0 amide bonds. The highest BCUT2D eigenvalue weighted by molar-refractivity contribution is 6.05. The van der Waals surface area contributed by atoms with Crippen molar-refractivity contribution in [3.05, 3.63) is 35.4 Å². The first-order valence-electron chi connectivity index (χ1n) is 8.04. The number of carbonyl (C=O) groups excluding carboxylic acids is 3. The molecule has 1 aromatic rings. The topological polar surface area (TPSA) is 71.4 Å². The Morgan fingerprint density at radius 1 is 1.17 bits per heavy atom. The van der Waals surface area contributed by atoms with Gasteiger partial charge in [-0.3, -0.25) is 14.4 Å². The second kappa shape index (κ2) is 6.36. The lowest BCUT2D eigenvalue weighted by Crippen LogP contribution is -2.53. The molecule has 1 N–H and O–H groups in total. The second-order valence-electron chi connectivity index (χ2n) is 6.80. The molecule has 4 nitrogen and oxygen atoms in total. The van der Waals surface area contributed by atoms with E-state index >= 15 is 0 Å². The number of benzene rings is 1. The average molecular weight is 316 g/mol. The van der Waals surface area contributed by atoms with E-state index in [1.165, 1.54) is 20.8 Å². The van der Waals surface area contributed by atoms with Gasteiger partial charge in [-0.1, -0.05) is 31.2 Å². The van der Waals surface area contributed by atoms with E-state index in [4.69, 9.17) is 0 Å². The standard InChI is InChI=1S/C19H24O4/c1-5-13-6-8-14(9-7-13)17-16(11(2)20)15(22)10-19(4,23)18(17)12(3)21/h6-9,16-18,23H,5,10H2,1-4H3/t16-,17+,18+,19+/m0/s1. The van der Waals surface area contributed by atoms with Crippen molar-refractivity contribution in [2.24, 2.45) is 11.8 Å². The van der Waals surface area contributed by atoms with Crippen LogP contribution in [-0.2, 0) is 20.8 Å². The van der Waals surface area contributed by atoms with Gasteiger partial charge in [-0.05, 0) is 38.3 Å². The predicted molar refractivity (Wildman–Crippen MR) is 87.2 cm³/mol. The largest absolute Gasteiger partial charge is 0.389 e. The lowest BCUT2D eigenvalue weighted by Gasteiger charge is -2.44. The van der Waals surface area contributed by atoms with Gasteiger partial charge in [-0.15, -0.1) is 0 Å². The third-order valence-corrected chi connectivity index (χ3v) is 4.92. The third-order valence-electron chi connectivity index (χ3n) is 4.92. The molecule has 0 heterocycles. The number of aryl methyl sites for hydroxylation is 1. The number of ketones is 3. The van der Waals surface area contributed by atoms with E-state index in [0.29, 0.717) is 0 Å². The minimum atomic E-state index is -1.43. The molecule has 1 fully saturated rings. The fourth-order valence-electron chi connectivity index (χ4n) is 3.88. The zero-order valence-corrected chi connectivity index (χ0v) is 14.1. The first kappa shape index (κ1) is 17.5. The summed E-state index contributed by atoms with van der Waals surface area (Å²) in [6.07, 6.45) is 0.721. The van der Waals surface area contributed by atoms with Crippen molar-refractivity contribution in [1.82, 2.24) is 0 Å². The average Bonchev–Trinajstić information content (AvgIpc) is 2.44.